The van der Waals surface area contributed by atoms with Crippen LogP contribution in [0.25, 0.3) is 17.2 Å². The molecule has 0 radical (unpaired) electrons. The van der Waals surface area contributed by atoms with Crippen molar-refractivity contribution in [1.82, 2.24) is 34.4 Å². The molecule has 12 N–H and O–H groups in total. The lowest BCUT2D eigenvalue weighted by Crippen LogP contribution is -2.33. The van der Waals surface area contributed by atoms with E-state index in [0.717, 1.165) is 35.8 Å². The number of amides is 1. The predicted octanol–water partition coefficient (Wildman–Crippen LogP) is -2.04. The highest BCUT2D eigenvalue weighted by molar-refractivity contribution is 7.66. The Bertz CT molecular complexity index is 2090. The van der Waals surface area contributed by atoms with Gasteiger partial charge in [-0.15, -0.1) is 0 Å². The van der Waals surface area contributed by atoms with E-state index in [4.69, 9.17) is 26.0 Å². The number of phosphoric acid groups is 3. The average Bonchev–Trinajstić information content (AvgIpc) is 3.63. The standard InChI is InChI=1S/C24H36N11O15P3/c25-23(26)29-5-1-2-8-34-13-32-19-20(30-12-31-21(19)34)28-7-6-27-17(37)4-3-14-10-35(24(39)33-22(14)38)18-9-15(36)16(48-18)11-47-52(43,44)50-53(45,46)49-51(40,41)42/h3-4,10,12-13,15-16,18,36H,1-2,5-9,11H2,(H,27,37)(H,43,44)(H,45,46)(H4,25,26,29)(H,28,30,31)(H,33,38,39)(H2,40,41,42)/b4-3+/t15?,16-,18-/m1/s1. The van der Waals surface area contributed by atoms with E-state index in [1.165, 1.54) is 6.33 Å². The molecule has 5 atom stereocenters. The van der Waals surface area contributed by atoms with Crippen molar-refractivity contribution in [2.24, 2.45) is 16.5 Å². The third kappa shape index (κ3) is 12.7. The summed E-state index contributed by atoms with van der Waals surface area (Å²) < 4.78 is 54.2. The van der Waals surface area contributed by atoms with Crippen molar-refractivity contribution >= 4 is 58.4 Å². The lowest BCUT2D eigenvalue weighted by Gasteiger charge is -2.19. The summed E-state index contributed by atoms with van der Waals surface area (Å²) in [5, 5.41) is 16.0. The Morgan fingerprint density at radius 1 is 1.09 bits per heavy atom. The first-order chi connectivity index (χ1) is 24.8. The Hall–Kier alpha value is -4.16. The molecule has 1 aliphatic heterocycles. The van der Waals surface area contributed by atoms with Crippen molar-refractivity contribution in [1.29, 1.82) is 0 Å². The lowest BCUT2D eigenvalue weighted by atomic mass is 10.2. The van der Waals surface area contributed by atoms with Crippen LogP contribution in [0.1, 0.15) is 31.1 Å². The number of hydrogen-bond donors (Lipinski definition) is 10. The van der Waals surface area contributed by atoms with Crippen molar-refractivity contribution in [2.75, 3.05) is 31.6 Å². The van der Waals surface area contributed by atoms with Crippen LogP contribution in [0.15, 0.2) is 39.5 Å². The summed E-state index contributed by atoms with van der Waals surface area (Å²) in [4.78, 5) is 92.4. The van der Waals surface area contributed by atoms with E-state index < -0.39 is 65.7 Å². The highest BCUT2D eigenvalue weighted by Gasteiger charge is 2.43. The van der Waals surface area contributed by atoms with Gasteiger partial charge < -0.3 is 56.1 Å². The molecule has 4 heterocycles. The average molecular weight is 812 g/mol. The number of aliphatic hydroxyl groups is 1. The number of aromatic nitrogens is 6. The number of fused-ring (bicyclic) bond motifs is 1. The number of rotatable bonds is 19. The first-order valence-electron chi connectivity index (χ1n) is 15.2. The number of anilines is 1. The normalized spacial score (nSPS) is 19.9. The zero-order chi connectivity index (χ0) is 39.0. The van der Waals surface area contributed by atoms with Gasteiger partial charge in [-0.2, -0.15) is 8.62 Å². The van der Waals surface area contributed by atoms with Crippen LogP contribution in [0.4, 0.5) is 5.82 Å². The quantitative estimate of drug-likeness (QED) is 0.0205. The number of aromatic amines is 1. The number of H-pyrrole nitrogens is 1. The zero-order valence-electron chi connectivity index (χ0n) is 27.3. The van der Waals surface area contributed by atoms with E-state index in [1.54, 1.807) is 6.33 Å². The van der Waals surface area contributed by atoms with Crippen molar-refractivity contribution in [2.45, 2.75) is 44.2 Å². The second kappa shape index (κ2) is 17.8. The molecule has 0 saturated carbocycles. The van der Waals surface area contributed by atoms with Gasteiger partial charge in [0.15, 0.2) is 17.4 Å². The molecule has 4 rings (SSSR count). The molecule has 26 nitrogen and oxygen atoms in total. The summed E-state index contributed by atoms with van der Waals surface area (Å²) in [6.45, 7) is 0.533. The Morgan fingerprint density at radius 2 is 1.85 bits per heavy atom. The Labute approximate surface area is 297 Å². The molecule has 3 unspecified atom stereocenters. The summed E-state index contributed by atoms with van der Waals surface area (Å²) in [5.41, 5.74) is 9.81. The molecule has 1 saturated heterocycles. The number of nitrogens with one attached hydrogen (secondary N) is 3. The topological polar surface area (TPSA) is 393 Å². The number of phosphoric ester groups is 1. The van der Waals surface area contributed by atoms with E-state index in [2.05, 4.69) is 43.7 Å². The number of guanidine groups is 1. The maximum absolute atomic E-state index is 12.5. The second-order valence-electron chi connectivity index (χ2n) is 11.0. The fourth-order valence-electron chi connectivity index (χ4n) is 4.71. The van der Waals surface area contributed by atoms with Crippen molar-refractivity contribution < 1.29 is 61.1 Å². The van der Waals surface area contributed by atoms with Gasteiger partial charge in [-0.1, -0.05) is 0 Å². The van der Waals surface area contributed by atoms with Gasteiger partial charge in [-0.3, -0.25) is 28.7 Å². The molecule has 0 bridgehead atoms. The molecule has 3 aromatic heterocycles. The number of nitrogens with zero attached hydrogens (tertiary/aromatic N) is 6. The monoisotopic (exact) mass is 811 g/mol. The summed E-state index contributed by atoms with van der Waals surface area (Å²) >= 11 is 0. The van der Waals surface area contributed by atoms with Crippen LogP contribution in [0.3, 0.4) is 0 Å². The van der Waals surface area contributed by atoms with Crippen LogP contribution in [-0.2, 0) is 42.9 Å². The van der Waals surface area contributed by atoms with E-state index in [1.807, 2.05) is 9.55 Å². The SMILES string of the molecule is NC(N)=NCCCCn1cnc2c(NCCNC(=O)/C=C/c3cn([C@H]4CC(O)[C@@H](COP(=O)(O)OP(=O)(O)OP(=O)(O)O)O4)c(=O)[nH]c3=O)ncnc21. The van der Waals surface area contributed by atoms with Gasteiger partial charge in [-0.05, 0) is 18.9 Å². The Balaban J connectivity index is 1.28. The lowest BCUT2D eigenvalue weighted by molar-refractivity contribution is -0.116. The number of imidazole rings is 1. The molecule has 1 aliphatic rings. The molecule has 1 fully saturated rings. The van der Waals surface area contributed by atoms with Crippen molar-refractivity contribution in [3.8, 4) is 0 Å². The highest BCUT2D eigenvalue weighted by atomic mass is 31.3. The smallest absolute Gasteiger partial charge is 0.390 e. The molecule has 0 aliphatic carbocycles. The summed E-state index contributed by atoms with van der Waals surface area (Å²) in [6, 6.07) is 0. The number of aliphatic hydroxyl groups excluding tert-OH is 1. The summed E-state index contributed by atoms with van der Waals surface area (Å²) in [7, 11) is -16.9. The summed E-state index contributed by atoms with van der Waals surface area (Å²) in [6.07, 6.45) is 3.28. The van der Waals surface area contributed by atoms with E-state index in [9.17, 15) is 43.0 Å². The van der Waals surface area contributed by atoms with Gasteiger partial charge in [0.25, 0.3) is 5.56 Å². The third-order valence-electron chi connectivity index (χ3n) is 6.96. The number of aliphatic imine (C=N–C) groups is 1. The van der Waals surface area contributed by atoms with Crippen molar-refractivity contribution in [3.05, 3.63) is 51.3 Å². The molecular weight excluding hydrogens is 775 g/mol. The first kappa shape index (κ1) is 41.6. The number of unbranched alkanes of at least 4 members (excludes halogenated alkanes) is 1. The number of nitrogens with two attached hydrogens (primary N) is 2. The number of aryl methyl sites for hydroxylation is 1. The maximum Gasteiger partial charge on any atom is 0.490 e. The summed E-state index contributed by atoms with van der Waals surface area (Å²) in [5.74, 6) is -0.114. The molecule has 292 valence electrons. The van der Waals surface area contributed by atoms with Crippen LogP contribution in [0, 0.1) is 0 Å². The second-order valence-corrected chi connectivity index (χ2v) is 15.4. The van der Waals surface area contributed by atoms with Crippen LogP contribution in [-0.4, -0.2) is 104 Å². The number of ether oxygens (including phenoxy) is 1. The van der Waals surface area contributed by atoms with E-state index in [-0.39, 0.29) is 31.0 Å². The molecular formula is C24H36N11O15P3. The third-order valence-corrected chi connectivity index (χ3v) is 10.8. The van der Waals surface area contributed by atoms with Gasteiger partial charge in [0.1, 0.15) is 24.2 Å². The minimum absolute atomic E-state index is 0.0349. The molecule has 0 spiro atoms. The van der Waals surface area contributed by atoms with Crippen LogP contribution >= 0.6 is 23.5 Å². The number of hydrogen-bond acceptors (Lipinski definition) is 16. The van der Waals surface area contributed by atoms with Gasteiger partial charge in [0.2, 0.25) is 5.91 Å². The van der Waals surface area contributed by atoms with Crippen molar-refractivity contribution in [3.63, 3.8) is 0 Å². The minimum atomic E-state index is -5.77. The predicted molar refractivity (Wildman–Crippen MR) is 181 cm³/mol. The number of carbonyl (C=O) groups excluding carboxylic acids is 1. The fraction of sp³-hybridized carbons (Fsp3) is 0.458. The molecule has 53 heavy (non-hydrogen) atoms. The molecule has 29 heteroatoms. The van der Waals surface area contributed by atoms with E-state index >= 15 is 0 Å². The van der Waals surface area contributed by atoms with Crippen LogP contribution < -0.4 is 33.3 Å². The Kier molecular flexibility index (Phi) is 14.0. The molecule has 0 aromatic carbocycles. The molecule has 3 aromatic rings. The van der Waals surface area contributed by atoms with Gasteiger partial charge in [0, 0.05) is 44.9 Å². The van der Waals surface area contributed by atoms with Gasteiger partial charge >= 0.3 is 29.2 Å². The highest BCUT2D eigenvalue weighted by Crippen LogP contribution is 2.66. The largest absolute Gasteiger partial charge is 0.490 e. The van der Waals surface area contributed by atoms with E-state index in [0.29, 0.717) is 30.1 Å². The van der Waals surface area contributed by atoms with Crippen LogP contribution in [0.2, 0.25) is 0 Å². The fourth-order valence-corrected chi connectivity index (χ4v) is 7.74. The maximum atomic E-state index is 12.5. The van der Waals surface area contributed by atoms with Gasteiger partial charge in [-0.25, -0.2) is 33.4 Å². The zero-order valence-corrected chi connectivity index (χ0v) is 30.0. The Morgan fingerprint density at radius 3 is 2.57 bits per heavy atom. The number of carbonyl (C=O) groups is 1. The van der Waals surface area contributed by atoms with Crippen LogP contribution in [0.5, 0.6) is 0 Å². The first-order valence-corrected chi connectivity index (χ1v) is 19.7. The molecule has 1 amide bonds. The van der Waals surface area contributed by atoms with Gasteiger partial charge in [0.05, 0.1) is 24.6 Å². The minimum Gasteiger partial charge on any atom is -0.390 e.